The third kappa shape index (κ3) is 2.12. The van der Waals surface area contributed by atoms with Gasteiger partial charge >= 0.3 is 0 Å². The van der Waals surface area contributed by atoms with Crippen LogP contribution in [0.1, 0.15) is 36.6 Å². The van der Waals surface area contributed by atoms with Crippen molar-refractivity contribution in [3.8, 4) is 0 Å². The summed E-state index contributed by atoms with van der Waals surface area (Å²) in [5.74, 6) is 1.92. The molecule has 3 fully saturated rings. The molecular weight excluding hydrogens is 300 g/mol. The smallest absolute Gasteiger partial charge is 0.275 e. The molecule has 0 spiro atoms. The summed E-state index contributed by atoms with van der Waals surface area (Å²) in [6, 6.07) is 7.13. The number of rotatable bonds is 3. The molecule has 1 saturated heterocycles. The number of benzene rings is 1. The Balaban J connectivity index is 1.69. The SMILES string of the molecule is O=C1CS[C@@H](c2ccccc2[N+](=O)[O-])N1[C@H]1C[C@@H]2CC[C@@H]1C2. The summed E-state index contributed by atoms with van der Waals surface area (Å²) in [7, 11) is 0. The lowest BCUT2D eigenvalue weighted by atomic mass is 9.93. The van der Waals surface area contributed by atoms with Crippen LogP contribution < -0.4 is 0 Å². The van der Waals surface area contributed by atoms with Crippen LogP contribution in [-0.2, 0) is 4.79 Å². The molecule has 2 bridgehead atoms. The Morgan fingerprint density at radius 1 is 1.23 bits per heavy atom. The van der Waals surface area contributed by atoms with Crippen LogP contribution in [0.5, 0.6) is 0 Å². The first-order chi connectivity index (χ1) is 10.6. The molecule has 3 aliphatic rings. The van der Waals surface area contributed by atoms with Crippen LogP contribution in [0.25, 0.3) is 0 Å². The molecular formula is C16H18N2O3S. The zero-order chi connectivity index (χ0) is 15.3. The number of carbonyl (C=O) groups excluding carboxylic acids is 1. The van der Waals surface area contributed by atoms with Crippen molar-refractivity contribution in [1.82, 2.24) is 4.90 Å². The molecule has 6 heteroatoms. The van der Waals surface area contributed by atoms with Crippen molar-refractivity contribution in [2.24, 2.45) is 11.8 Å². The molecule has 0 aromatic heterocycles. The van der Waals surface area contributed by atoms with Crippen LogP contribution in [-0.4, -0.2) is 27.5 Å². The minimum absolute atomic E-state index is 0.128. The molecule has 0 unspecified atom stereocenters. The molecule has 1 amide bonds. The molecule has 0 N–H and O–H groups in total. The Bertz CT molecular complexity index is 636. The maximum absolute atomic E-state index is 12.4. The Hall–Kier alpha value is -1.56. The first-order valence-corrected chi connectivity index (χ1v) is 8.86. The largest absolute Gasteiger partial charge is 0.322 e. The fourth-order valence-corrected chi connectivity index (χ4v) is 5.71. The summed E-state index contributed by atoms with van der Waals surface area (Å²) in [5.41, 5.74) is 0.800. The van der Waals surface area contributed by atoms with E-state index in [0.717, 1.165) is 12.3 Å². The number of nitro benzene ring substituents is 1. The quantitative estimate of drug-likeness (QED) is 0.633. The number of nitro groups is 1. The van der Waals surface area contributed by atoms with E-state index in [1.165, 1.54) is 37.1 Å². The van der Waals surface area contributed by atoms with E-state index in [1.54, 1.807) is 12.1 Å². The van der Waals surface area contributed by atoms with Gasteiger partial charge in [0.2, 0.25) is 5.91 Å². The predicted molar refractivity (Wildman–Crippen MR) is 84.4 cm³/mol. The lowest BCUT2D eigenvalue weighted by molar-refractivity contribution is -0.385. The third-order valence-corrected chi connectivity index (χ3v) is 6.57. The maximum Gasteiger partial charge on any atom is 0.275 e. The van der Waals surface area contributed by atoms with E-state index >= 15 is 0 Å². The van der Waals surface area contributed by atoms with Gasteiger partial charge < -0.3 is 4.90 Å². The van der Waals surface area contributed by atoms with Crippen molar-refractivity contribution in [2.45, 2.75) is 37.1 Å². The first-order valence-electron chi connectivity index (χ1n) is 7.81. The molecule has 2 saturated carbocycles. The average molecular weight is 318 g/mol. The second kappa shape index (κ2) is 5.26. The van der Waals surface area contributed by atoms with E-state index < -0.39 is 0 Å². The predicted octanol–water partition coefficient (Wildman–Crippen LogP) is 3.36. The topological polar surface area (TPSA) is 63.4 Å². The summed E-state index contributed by atoms with van der Waals surface area (Å²) in [6.45, 7) is 0. The van der Waals surface area contributed by atoms with E-state index in [4.69, 9.17) is 0 Å². The van der Waals surface area contributed by atoms with E-state index in [1.807, 2.05) is 11.0 Å². The van der Waals surface area contributed by atoms with E-state index in [0.29, 0.717) is 17.2 Å². The number of para-hydroxylation sites is 1. The Morgan fingerprint density at radius 2 is 2.05 bits per heavy atom. The van der Waals surface area contributed by atoms with Crippen LogP contribution in [0.15, 0.2) is 24.3 Å². The fraction of sp³-hybridized carbons (Fsp3) is 0.562. The van der Waals surface area contributed by atoms with Crippen molar-refractivity contribution in [3.05, 3.63) is 39.9 Å². The van der Waals surface area contributed by atoms with Gasteiger partial charge in [-0.1, -0.05) is 18.6 Å². The van der Waals surface area contributed by atoms with Crippen molar-refractivity contribution >= 4 is 23.4 Å². The van der Waals surface area contributed by atoms with Gasteiger partial charge in [-0.3, -0.25) is 14.9 Å². The highest BCUT2D eigenvalue weighted by Gasteiger charge is 2.49. The van der Waals surface area contributed by atoms with E-state index in [9.17, 15) is 14.9 Å². The molecule has 1 heterocycles. The van der Waals surface area contributed by atoms with Gasteiger partial charge in [0.25, 0.3) is 5.69 Å². The number of amides is 1. The molecule has 4 rings (SSSR count). The van der Waals surface area contributed by atoms with Gasteiger partial charge in [0.15, 0.2) is 0 Å². The summed E-state index contributed by atoms with van der Waals surface area (Å²) in [4.78, 5) is 25.4. The summed E-state index contributed by atoms with van der Waals surface area (Å²) in [6.07, 6.45) is 4.79. The zero-order valence-corrected chi connectivity index (χ0v) is 13.0. The molecule has 5 nitrogen and oxygen atoms in total. The first kappa shape index (κ1) is 14.1. The van der Waals surface area contributed by atoms with Crippen molar-refractivity contribution in [2.75, 3.05) is 5.75 Å². The minimum Gasteiger partial charge on any atom is -0.322 e. The second-order valence-electron chi connectivity index (χ2n) is 6.52. The van der Waals surface area contributed by atoms with Gasteiger partial charge in [-0.2, -0.15) is 0 Å². The molecule has 0 radical (unpaired) electrons. The molecule has 4 atom stereocenters. The molecule has 116 valence electrons. The highest BCUT2D eigenvalue weighted by molar-refractivity contribution is 8.00. The molecule has 22 heavy (non-hydrogen) atoms. The number of fused-ring (bicyclic) bond motifs is 2. The average Bonchev–Trinajstić information content (AvgIpc) is 3.21. The standard InChI is InChI=1S/C16H18N2O3S/c19-15-9-22-16(12-3-1-2-4-13(12)18(20)21)17(15)14-8-10-5-6-11(14)7-10/h1-4,10-11,14,16H,5-9H2/t10-,11-,14+,16+/m1/s1. The number of carbonyl (C=O) groups is 1. The van der Waals surface area contributed by atoms with Gasteiger partial charge in [0, 0.05) is 12.1 Å². The molecule has 1 aliphatic heterocycles. The normalized spacial score (nSPS) is 33.6. The number of nitrogens with zero attached hydrogens (tertiary/aromatic N) is 2. The van der Waals surface area contributed by atoms with Crippen molar-refractivity contribution < 1.29 is 9.72 Å². The Kier molecular flexibility index (Phi) is 3.36. The summed E-state index contributed by atoms with van der Waals surface area (Å²) >= 11 is 1.53. The van der Waals surface area contributed by atoms with Gasteiger partial charge in [0.05, 0.1) is 16.2 Å². The minimum atomic E-state index is -0.336. The summed E-state index contributed by atoms with van der Waals surface area (Å²) < 4.78 is 0. The maximum atomic E-state index is 12.4. The van der Waals surface area contributed by atoms with E-state index in [2.05, 4.69) is 0 Å². The van der Waals surface area contributed by atoms with E-state index in [-0.39, 0.29) is 27.9 Å². The van der Waals surface area contributed by atoms with Gasteiger partial charge in [-0.15, -0.1) is 11.8 Å². The monoisotopic (exact) mass is 318 g/mol. The molecule has 1 aromatic rings. The van der Waals surface area contributed by atoms with Crippen molar-refractivity contribution in [3.63, 3.8) is 0 Å². The number of hydrogen-bond acceptors (Lipinski definition) is 4. The lowest BCUT2D eigenvalue weighted by Gasteiger charge is -2.35. The fourth-order valence-electron chi connectivity index (χ4n) is 4.45. The number of thioether (sulfide) groups is 1. The van der Waals surface area contributed by atoms with Gasteiger partial charge in [-0.05, 0) is 37.2 Å². The zero-order valence-electron chi connectivity index (χ0n) is 12.2. The van der Waals surface area contributed by atoms with Crippen LogP contribution in [0.4, 0.5) is 5.69 Å². The number of hydrogen-bond donors (Lipinski definition) is 0. The van der Waals surface area contributed by atoms with Crippen LogP contribution in [0.2, 0.25) is 0 Å². The van der Waals surface area contributed by atoms with Crippen LogP contribution >= 0.6 is 11.8 Å². The molecule has 2 aliphatic carbocycles. The Labute approximate surface area is 133 Å². The van der Waals surface area contributed by atoms with Gasteiger partial charge in [-0.25, -0.2) is 0 Å². The Morgan fingerprint density at radius 3 is 2.73 bits per heavy atom. The highest BCUT2D eigenvalue weighted by atomic mass is 32.2. The van der Waals surface area contributed by atoms with Crippen molar-refractivity contribution in [1.29, 1.82) is 0 Å². The second-order valence-corrected chi connectivity index (χ2v) is 7.59. The lowest BCUT2D eigenvalue weighted by Crippen LogP contribution is -2.41. The highest BCUT2D eigenvalue weighted by Crippen LogP contribution is 2.52. The summed E-state index contributed by atoms with van der Waals surface area (Å²) in [5, 5.41) is 11.1. The van der Waals surface area contributed by atoms with Crippen LogP contribution in [0, 0.1) is 22.0 Å². The van der Waals surface area contributed by atoms with Gasteiger partial charge in [0.1, 0.15) is 5.37 Å². The molecule has 1 aromatic carbocycles. The van der Waals surface area contributed by atoms with Crippen LogP contribution in [0.3, 0.4) is 0 Å². The third-order valence-electron chi connectivity index (χ3n) is 5.36.